The van der Waals surface area contributed by atoms with Crippen molar-refractivity contribution in [1.82, 2.24) is 4.98 Å². The average Bonchev–Trinajstić information content (AvgIpc) is 2.40. The van der Waals surface area contributed by atoms with Crippen molar-refractivity contribution in [3.63, 3.8) is 0 Å². The summed E-state index contributed by atoms with van der Waals surface area (Å²) < 4.78 is 4.84. The summed E-state index contributed by atoms with van der Waals surface area (Å²) in [4.78, 5) is 26.4. The molecule has 0 aliphatic carbocycles. The number of esters is 1. The van der Waals surface area contributed by atoms with Gasteiger partial charge in [0.05, 0.1) is 19.1 Å². The van der Waals surface area contributed by atoms with E-state index in [1.54, 1.807) is 25.1 Å². The van der Waals surface area contributed by atoms with Crippen LogP contribution in [-0.2, 0) is 11.2 Å². The zero-order valence-electron chi connectivity index (χ0n) is 10.4. The number of aromatic nitrogens is 1. The molecule has 1 heterocycles. The van der Waals surface area contributed by atoms with E-state index in [2.05, 4.69) is 4.98 Å². The highest BCUT2D eigenvalue weighted by atomic mass is 16.5. The molecule has 5 nitrogen and oxygen atoms in total. The minimum absolute atomic E-state index is 0.132. The number of carbonyl (C=O) groups excluding carboxylic acids is 1. The van der Waals surface area contributed by atoms with Crippen LogP contribution < -0.4 is 5.43 Å². The van der Waals surface area contributed by atoms with Gasteiger partial charge >= 0.3 is 5.97 Å². The maximum Gasteiger partial charge on any atom is 0.354 e. The number of ether oxygens (including phenoxy) is 1. The molecule has 2 aromatic rings. The fourth-order valence-corrected chi connectivity index (χ4v) is 1.81. The number of hydrogen-bond donors (Lipinski definition) is 1. The topological polar surface area (TPSA) is 82.9 Å². The van der Waals surface area contributed by atoms with Crippen LogP contribution in [0.2, 0.25) is 0 Å². The van der Waals surface area contributed by atoms with Crippen molar-refractivity contribution in [2.45, 2.75) is 13.3 Å². The second-order valence-electron chi connectivity index (χ2n) is 3.98. The van der Waals surface area contributed by atoms with E-state index in [-0.39, 0.29) is 24.2 Å². The highest BCUT2D eigenvalue weighted by Crippen LogP contribution is 2.12. The lowest BCUT2D eigenvalue weighted by molar-refractivity contribution is 0.0520. The van der Waals surface area contributed by atoms with Gasteiger partial charge < -0.3 is 9.72 Å². The minimum Gasteiger partial charge on any atom is -0.461 e. The maximum absolute atomic E-state index is 12.0. The predicted molar refractivity (Wildman–Crippen MR) is 69.8 cm³/mol. The third-order valence-electron chi connectivity index (χ3n) is 2.67. The summed E-state index contributed by atoms with van der Waals surface area (Å²) in [5, 5.41) is 9.10. The monoisotopic (exact) mass is 256 g/mol. The standard InChI is InChI=1S/C14H12N2O3/c1-2-19-14(18)12-8-13(17)10-7-9(5-6-15)3-4-11(10)16-12/h3-4,7-8H,2,5H2,1H3,(H,16,17). The van der Waals surface area contributed by atoms with Gasteiger partial charge in [-0.3, -0.25) is 4.79 Å². The van der Waals surface area contributed by atoms with E-state index in [0.29, 0.717) is 10.9 Å². The molecule has 2 rings (SSSR count). The molecule has 19 heavy (non-hydrogen) atoms. The molecule has 0 radical (unpaired) electrons. The third-order valence-corrected chi connectivity index (χ3v) is 2.67. The number of nitrogens with zero attached hydrogens (tertiary/aromatic N) is 1. The molecule has 1 aromatic carbocycles. The first-order valence-corrected chi connectivity index (χ1v) is 5.85. The Bertz CT molecular complexity index is 726. The molecule has 0 amide bonds. The number of nitriles is 1. The highest BCUT2D eigenvalue weighted by molar-refractivity contribution is 5.91. The van der Waals surface area contributed by atoms with Crippen molar-refractivity contribution in [1.29, 1.82) is 5.26 Å². The highest BCUT2D eigenvalue weighted by Gasteiger charge is 2.10. The molecule has 0 atom stereocenters. The lowest BCUT2D eigenvalue weighted by Gasteiger charge is -2.05. The Kier molecular flexibility index (Phi) is 3.62. The summed E-state index contributed by atoms with van der Waals surface area (Å²) in [6.45, 7) is 1.95. The number of fused-ring (bicyclic) bond motifs is 1. The molecular weight excluding hydrogens is 244 g/mol. The van der Waals surface area contributed by atoms with Crippen molar-refractivity contribution >= 4 is 16.9 Å². The summed E-state index contributed by atoms with van der Waals surface area (Å²) in [5.74, 6) is -0.553. The Balaban J connectivity index is 2.54. The van der Waals surface area contributed by atoms with E-state index in [1.165, 1.54) is 6.07 Å². The number of benzene rings is 1. The molecule has 0 saturated carbocycles. The minimum atomic E-state index is -0.553. The molecule has 5 heteroatoms. The average molecular weight is 256 g/mol. The van der Waals surface area contributed by atoms with Gasteiger partial charge in [-0.05, 0) is 24.6 Å². The van der Waals surface area contributed by atoms with Crippen LogP contribution in [0.1, 0.15) is 23.0 Å². The Morgan fingerprint density at radius 1 is 1.42 bits per heavy atom. The van der Waals surface area contributed by atoms with Gasteiger partial charge in [-0.1, -0.05) is 6.07 Å². The first kappa shape index (κ1) is 12.8. The van der Waals surface area contributed by atoms with Crippen LogP contribution in [0.15, 0.2) is 29.1 Å². The Labute approximate surface area is 109 Å². The van der Waals surface area contributed by atoms with Crippen LogP contribution in [0.3, 0.4) is 0 Å². The fourth-order valence-electron chi connectivity index (χ4n) is 1.81. The molecule has 0 saturated heterocycles. The Hall–Kier alpha value is -2.61. The second-order valence-corrected chi connectivity index (χ2v) is 3.98. The van der Waals surface area contributed by atoms with E-state index < -0.39 is 5.97 Å². The smallest absolute Gasteiger partial charge is 0.354 e. The van der Waals surface area contributed by atoms with Crippen molar-refractivity contribution in [2.24, 2.45) is 0 Å². The molecule has 96 valence electrons. The van der Waals surface area contributed by atoms with Crippen molar-refractivity contribution in [3.05, 3.63) is 45.7 Å². The van der Waals surface area contributed by atoms with Crippen LogP contribution in [0.5, 0.6) is 0 Å². The Morgan fingerprint density at radius 3 is 2.89 bits per heavy atom. The molecule has 0 fully saturated rings. The zero-order valence-corrected chi connectivity index (χ0v) is 10.4. The summed E-state index contributed by atoms with van der Waals surface area (Å²) in [7, 11) is 0. The molecule has 0 bridgehead atoms. The summed E-state index contributed by atoms with van der Waals surface area (Å²) in [6, 6.07) is 8.34. The third kappa shape index (κ3) is 2.63. The van der Waals surface area contributed by atoms with E-state index in [9.17, 15) is 9.59 Å². The van der Waals surface area contributed by atoms with Gasteiger partial charge in [0.25, 0.3) is 0 Å². The van der Waals surface area contributed by atoms with E-state index in [0.717, 1.165) is 5.56 Å². The quantitative estimate of drug-likeness (QED) is 0.848. The number of carbonyl (C=O) groups is 1. The summed E-state index contributed by atoms with van der Waals surface area (Å²) >= 11 is 0. The van der Waals surface area contributed by atoms with Crippen molar-refractivity contribution < 1.29 is 9.53 Å². The van der Waals surface area contributed by atoms with Crippen LogP contribution in [0, 0.1) is 11.3 Å². The fraction of sp³-hybridized carbons (Fsp3) is 0.214. The van der Waals surface area contributed by atoms with Crippen molar-refractivity contribution in [2.75, 3.05) is 6.61 Å². The predicted octanol–water partition coefficient (Wildman–Crippen LogP) is 1.77. The number of hydrogen-bond acceptors (Lipinski definition) is 4. The zero-order chi connectivity index (χ0) is 13.8. The first-order valence-electron chi connectivity index (χ1n) is 5.85. The number of rotatable bonds is 3. The van der Waals surface area contributed by atoms with Crippen LogP contribution >= 0.6 is 0 Å². The van der Waals surface area contributed by atoms with Gasteiger partial charge in [-0.15, -0.1) is 0 Å². The molecule has 1 N–H and O–H groups in total. The number of H-pyrrole nitrogens is 1. The van der Waals surface area contributed by atoms with Gasteiger partial charge in [-0.25, -0.2) is 4.79 Å². The molecule has 0 unspecified atom stereocenters. The SMILES string of the molecule is CCOC(=O)c1cc(=O)c2cc(CC#N)ccc2[nH]1. The van der Waals surface area contributed by atoms with E-state index in [4.69, 9.17) is 10.00 Å². The number of pyridine rings is 1. The summed E-state index contributed by atoms with van der Waals surface area (Å²) in [6.07, 6.45) is 0.245. The normalized spacial score (nSPS) is 10.1. The second kappa shape index (κ2) is 5.36. The summed E-state index contributed by atoms with van der Waals surface area (Å²) in [5.41, 5.74) is 1.19. The van der Waals surface area contributed by atoms with Crippen LogP contribution in [0.4, 0.5) is 0 Å². The van der Waals surface area contributed by atoms with Gasteiger partial charge in [-0.2, -0.15) is 5.26 Å². The van der Waals surface area contributed by atoms with Crippen LogP contribution in [-0.4, -0.2) is 17.6 Å². The Morgan fingerprint density at radius 2 is 2.21 bits per heavy atom. The molecule has 0 aliphatic heterocycles. The van der Waals surface area contributed by atoms with Crippen molar-refractivity contribution in [3.8, 4) is 6.07 Å². The lowest BCUT2D eigenvalue weighted by atomic mass is 10.1. The molecular formula is C14H12N2O3. The molecule has 1 aromatic heterocycles. The molecule has 0 spiro atoms. The number of aromatic amines is 1. The van der Waals surface area contributed by atoms with Gasteiger partial charge in [0.15, 0.2) is 5.43 Å². The van der Waals surface area contributed by atoms with Crippen LogP contribution in [0.25, 0.3) is 10.9 Å². The van der Waals surface area contributed by atoms with Gasteiger partial charge in [0.2, 0.25) is 0 Å². The first-order chi connectivity index (χ1) is 9.15. The maximum atomic E-state index is 12.0. The van der Waals surface area contributed by atoms with E-state index >= 15 is 0 Å². The van der Waals surface area contributed by atoms with E-state index in [1.807, 2.05) is 6.07 Å². The molecule has 0 aliphatic rings. The van der Waals surface area contributed by atoms with Gasteiger partial charge in [0.1, 0.15) is 5.69 Å². The lowest BCUT2D eigenvalue weighted by Crippen LogP contribution is -2.12. The van der Waals surface area contributed by atoms with Gasteiger partial charge in [0, 0.05) is 17.0 Å². The number of nitrogens with one attached hydrogen (secondary N) is 1. The largest absolute Gasteiger partial charge is 0.461 e.